The van der Waals surface area contributed by atoms with Gasteiger partial charge in [0.2, 0.25) is 0 Å². The predicted molar refractivity (Wildman–Crippen MR) is 121 cm³/mol. The average molecular weight is 409 g/mol. The molecule has 3 nitrogen and oxygen atoms in total. The summed E-state index contributed by atoms with van der Waals surface area (Å²) >= 11 is 0. The van der Waals surface area contributed by atoms with E-state index in [0.29, 0.717) is 19.4 Å². The van der Waals surface area contributed by atoms with E-state index in [1.807, 2.05) is 60.7 Å². The maximum absolute atomic E-state index is 12.6. The molecule has 4 heteroatoms. The van der Waals surface area contributed by atoms with Crippen molar-refractivity contribution in [2.45, 2.75) is 64.5 Å². The number of hydrogen-bond donors (Lipinski definition) is 0. The van der Waals surface area contributed by atoms with Crippen molar-refractivity contribution in [1.82, 2.24) is 0 Å². The molecule has 0 saturated carbocycles. The first-order chi connectivity index (χ1) is 13.6. The number of rotatable bonds is 7. The molecule has 0 bridgehead atoms. The summed E-state index contributed by atoms with van der Waals surface area (Å²) in [4.78, 5) is 12.6. The van der Waals surface area contributed by atoms with Gasteiger partial charge in [-0.3, -0.25) is 4.79 Å². The van der Waals surface area contributed by atoms with Gasteiger partial charge in [-0.05, 0) is 53.0 Å². The molecule has 0 spiro atoms. The maximum atomic E-state index is 12.6. The number of carbonyl (C=O) groups excluding carboxylic acids is 1. The van der Waals surface area contributed by atoms with Crippen LogP contribution in [0.2, 0.25) is 18.1 Å². The molecule has 2 aromatic carbocycles. The molecule has 29 heavy (non-hydrogen) atoms. The number of hydrogen-bond acceptors (Lipinski definition) is 3. The SMILES string of the molecule is CC(C)(C)[Si](C)(C)OC1C=C(Cc2cccc(OCc3ccccc3)c2)C(=O)C1. The highest BCUT2D eigenvalue weighted by atomic mass is 28.4. The van der Waals surface area contributed by atoms with E-state index in [1.165, 1.54) is 0 Å². The van der Waals surface area contributed by atoms with Crippen LogP contribution in [0, 0.1) is 0 Å². The predicted octanol–water partition coefficient (Wildman–Crippen LogP) is 6.10. The molecule has 0 heterocycles. The Bertz CT molecular complexity index is 878. The van der Waals surface area contributed by atoms with Crippen molar-refractivity contribution in [2.75, 3.05) is 0 Å². The zero-order valence-electron chi connectivity index (χ0n) is 18.2. The van der Waals surface area contributed by atoms with E-state index in [2.05, 4.69) is 33.9 Å². The minimum absolute atomic E-state index is 0.0871. The van der Waals surface area contributed by atoms with Gasteiger partial charge in [-0.1, -0.05) is 63.2 Å². The summed E-state index contributed by atoms with van der Waals surface area (Å²) in [5.41, 5.74) is 3.08. The van der Waals surface area contributed by atoms with Crippen molar-refractivity contribution in [3.63, 3.8) is 0 Å². The monoisotopic (exact) mass is 408 g/mol. The van der Waals surface area contributed by atoms with E-state index >= 15 is 0 Å². The molecule has 0 aliphatic heterocycles. The Morgan fingerprint density at radius 3 is 2.38 bits per heavy atom. The van der Waals surface area contributed by atoms with Gasteiger partial charge in [-0.2, -0.15) is 0 Å². The van der Waals surface area contributed by atoms with Gasteiger partial charge in [0.15, 0.2) is 14.1 Å². The summed E-state index contributed by atoms with van der Waals surface area (Å²) in [6.07, 6.45) is 3.04. The van der Waals surface area contributed by atoms with Crippen molar-refractivity contribution >= 4 is 14.1 Å². The molecule has 154 valence electrons. The van der Waals surface area contributed by atoms with Crippen LogP contribution in [-0.4, -0.2) is 20.2 Å². The summed E-state index contributed by atoms with van der Waals surface area (Å²) < 4.78 is 12.4. The van der Waals surface area contributed by atoms with Gasteiger partial charge in [-0.15, -0.1) is 0 Å². The number of benzene rings is 2. The van der Waals surface area contributed by atoms with Gasteiger partial charge in [-0.25, -0.2) is 0 Å². The molecule has 0 radical (unpaired) electrons. The standard InChI is InChI=1S/C25H32O3Si/c1-25(2,3)29(4,5)28-23-16-21(24(26)17-23)14-20-12-9-13-22(15-20)27-18-19-10-7-6-8-11-19/h6-13,15-16,23H,14,17-18H2,1-5H3. The third-order valence-electron chi connectivity index (χ3n) is 5.93. The molecule has 0 fully saturated rings. The smallest absolute Gasteiger partial charge is 0.192 e. The van der Waals surface area contributed by atoms with Crippen molar-refractivity contribution in [3.05, 3.63) is 77.4 Å². The van der Waals surface area contributed by atoms with Crippen LogP contribution < -0.4 is 4.74 Å². The molecule has 0 amide bonds. The number of allylic oxidation sites excluding steroid dienone is 1. The Balaban J connectivity index is 1.64. The Kier molecular flexibility index (Phi) is 6.44. The van der Waals surface area contributed by atoms with Crippen LogP contribution in [0.1, 0.15) is 38.3 Å². The highest BCUT2D eigenvalue weighted by molar-refractivity contribution is 6.74. The Morgan fingerprint density at radius 2 is 1.69 bits per heavy atom. The quantitative estimate of drug-likeness (QED) is 0.519. The highest BCUT2D eigenvalue weighted by Crippen LogP contribution is 2.39. The van der Waals surface area contributed by atoms with Gasteiger partial charge in [0.1, 0.15) is 12.4 Å². The molecule has 1 aliphatic carbocycles. The van der Waals surface area contributed by atoms with E-state index < -0.39 is 8.32 Å². The normalized spacial score (nSPS) is 17.3. The minimum Gasteiger partial charge on any atom is -0.489 e. The van der Waals surface area contributed by atoms with Crippen LogP contribution in [-0.2, 0) is 22.2 Å². The molecule has 1 aliphatic rings. The second-order valence-corrected chi connectivity index (χ2v) is 14.1. The lowest BCUT2D eigenvalue weighted by Gasteiger charge is -2.37. The van der Waals surface area contributed by atoms with Crippen LogP contribution in [0.25, 0.3) is 0 Å². The molecule has 3 rings (SSSR count). The molecular weight excluding hydrogens is 376 g/mol. The van der Waals surface area contributed by atoms with E-state index in [1.54, 1.807) is 0 Å². The minimum atomic E-state index is -1.89. The van der Waals surface area contributed by atoms with E-state index in [9.17, 15) is 4.79 Å². The second kappa shape index (κ2) is 8.68. The summed E-state index contributed by atoms with van der Waals surface area (Å²) in [5.74, 6) is 1.02. The third kappa shape index (κ3) is 5.68. The van der Waals surface area contributed by atoms with Crippen LogP contribution in [0.5, 0.6) is 5.75 Å². The second-order valence-electron chi connectivity index (χ2n) is 9.33. The molecule has 0 N–H and O–H groups in total. The maximum Gasteiger partial charge on any atom is 0.192 e. The lowest BCUT2D eigenvalue weighted by atomic mass is 10.0. The summed E-state index contributed by atoms with van der Waals surface area (Å²) in [6, 6.07) is 18.1. The molecule has 2 aromatic rings. The van der Waals surface area contributed by atoms with Crippen molar-refractivity contribution < 1.29 is 14.0 Å². The molecular formula is C25H32O3Si. The third-order valence-corrected chi connectivity index (χ3v) is 10.4. The fourth-order valence-electron chi connectivity index (χ4n) is 3.18. The number of carbonyl (C=O) groups is 1. The number of ketones is 1. The fourth-order valence-corrected chi connectivity index (χ4v) is 4.45. The Morgan fingerprint density at radius 1 is 1.00 bits per heavy atom. The topological polar surface area (TPSA) is 35.5 Å². The number of ether oxygens (including phenoxy) is 1. The van der Waals surface area contributed by atoms with Gasteiger partial charge in [0.05, 0.1) is 6.10 Å². The zero-order chi connectivity index (χ0) is 21.1. The first kappa shape index (κ1) is 21.5. The summed E-state index contributed by atoms with van der Waals surface area (Å²) in [5, 5.41) is 0.136. The van der Waals surface area contributed by atoms with Crippen LogP contribution in [0.4, 0.5) is 0 Å². The average Bonchev–Trinajstić information content (AvgIpc) is 2.98. The van der Waals surface area contributed by atoms with Gasteiger partial charge in [0, 0.05) is 12.8 Å². The summed E-state index contributed by atoms with van der Waals surface area (Å²) in [6.45, 7) is 11.7. The van der Waals surface area contributed by atoms with Crippen molar-refractivity contribution in [1.29, 1.82) is 0 Å². The van der Waals surface area contributed by atoms with Gasteiger partial charge in [0.25, 0.3) is 0 Å². The molecule has 1 unspecified atom stereocenters. The number of Topliss-reactive ketones (excluding diaryl/α,β-unsaturated/α-hetero) is 1. The van der Waals surface area contributed by atoms with E-state index in [4.69, 9.17) is 9.16 Å². The van der Waals surface area contributed by atoms with Crippen LogP contribution >= 0.6 is 0 Å². The van der Waals surface area contributed by atoms with Gasteiger partial charge < -0.3 is 9.16 Å². The molecule has 0 aromatic heterocycles. The zero-order valence-corrected chi connectivity index (χ0v) is 19.2. The summed E-state index contributed by atoms with van der Waals surface area (Å²) in [7, 11) is -1.89. The van der Waals surface area contributed by atoms with Crippen molar-refractivity contribution in [3.8, 4) is 5.75 Å². The van der Waals surface area contributed by atoms with E-state index in [0.717, 1.165) is 22.4 Å². The highest BCUT2D eigenvalue weighted by Gasteiger charge is 2.40. The Hall–Kier alpha value is -2.17. The lowest BCUT2D eigenvalue weighted by molar-refractivity contribution is -0.115. The van der Waals surface area contributed by atoms with Crippen LogP contribution in [0.3, 0.4) is 0 Å². The first-order valence-corrected chi connectivity index (χ1v) is 13.2. The molecule has 0 saturated heterocycles. The lowest BCUT2D eigenvalue weighted by Crippen LogP contribution is -2.43. The van der Waals surface area contributed by atoms with E-state index in [-0.39, 0.29) is 16.9 Å². The van der Waals surface area contributed by atoms with Crippen molar-refractivity contribution in [2.24, 2.45) is 0 Å². The largest absolute Gasteiger partial charge is 0.489 e. The fraction of sp³-hybridized carbons (Fsp3) is 0.400. The first-order valence-electron chi connectivity index (χ1n) is 10.3. The Labute approximate surface area is 175 Å². The van der Waals surface area contributed by atoms with Gasteiger partial charge >= 0.3 is 0 Å². The van der Waals surface area contributed by atoms with Crippen LogP contribution in [0.15, 0.2) is 66.2 Å². The molecule has 1 atom stereocenters.